The summed E-state index contributed by atoms with van der Waals surface area (Å²) in [6.45, 7) is 1.41. The predicted octanol–water partition coefficient (Wildman–Crippen LogP) is 4.30. The molecule has 5 nitrogen and oxygen atoms in total. The zero-order chi connectivity index (χ0) is 14.7. The van der Waals surface area contributed by atoms with Crippen LogP contribution in [0.1, 0.15) is 17.4 Å². The molecule has 0 atom stereocenters. The number of urea groups is 1. The molecular weight excluding hydrogens is 321 g/mol. The Kier molecular flexibility index (Phi) is 4.59. The lowest BCUT2D eigenvalue weighted by Gasteiger charge is -2.06. The lowest BCUT2D eigenvalue weighted by Crippen LogP contribution is -2.19. The van der Waals surface area contributed by atoms with Crippen LogP contribution in [0.15, 0.2) is 23.6 Å². The van der Waals surface area contributed by atoms with Crippen LogP contribution in [0, 0.1) is 0 Å². The van der Waals surface area contributed by atoms with Crippen molar-refractivity contribution in [2.24, 2.45) is 0 Å². The van der Waals surface area contributed by atoms with Crippen molar-refractivity contribution in [2.45, 2.75) is 6.92 Å². The third-order valence-corrected chi connectivity index (χ3v) is 3.40. The molecule has 1 heterocycles. The standard InChI is InChI=1S/C12H9Cl2N3O2S/c1-6(18)10-5-20-12(16-10)17-11(19)15-9-3-7(13)2-8(14)4-9/h2-5H,1H3,(H2,15,16,17,19). The molecule has 2 amide bonds. The molecule has 0 fully saturated rings. The number of anilines is 2. The summed E-state index contributed by atoms with van der Waals surface area (Å²) in [5.41, 5.74) is 0.777. The number of Topliss-reactive ketones (excluding diaryl/α,β-unsaturated/α-hetero) is 1. The predicted molar refractivity (Wildman–Crippen MR) is 81.2 cm³/mol. The van der Waals surface area contributed by atoms with E-state index in [2.05, 4.69) is 15.6 Å². The molecule has 0 aliphatic heterocycles. The van der Waals surface area contributed by atoms with E-state index in [4.69, 9.17) is 23.2 Å². The summed E-state index contributed by atoms with van der Waals surface area (Å²) in [4.78, 5) is 26.8. The highest BCUT2D eigenvalue weighted by molar-refractivity contribution is 7.14. The van der Waals surface area contributed by atoms with Gasteiger partial charge < -0.3 is 5.32 Å². The van der Waals surface area contributed by atoms with E-state index in [1.165, 1.54) is 18.3 Å². The molecule has 0 aliphatic carbocycles. The Morgan fingerprint density at radius 3 is 2.35 bits per heavy atom. The van der Waals surface area contributed by atoms with E-state index in [0.717, 1.165) is 0 Å². The number of amides is 2. The van der Waals surface area contributed by atoms with Gasteiger partial charge in [-0.25, -0.2) is 9.78 Å². The highest BCUT2D eigenvalue weighted by Crippen LogP contribution is 2.23. The summed E-state index contributed by atoms with van der Waals surface area (Å²) in [7, 11) is 0. The maximum Gasteiger partial charge on any atom is 0.325 e. The first kappa shape index (κ1) is 14.8. The summed E-state index contributed by atoms with van der Waals surface area (Å²) >= 11 is 12.8. The van der Waals surface area contributed by atoms with Crippen LogP contribution in [0.3, 0.4) is 0 Å². The minimum Gasteiger partial charge on any atom is -0.308 e. The molecule has 8 heteroatoms. The second-order valence-corrected chi connectivity index (χ2v) is 5.56. The number of carbonyl (C=O) groups excluding carboxylic acids is 2. The Hall–Kier alpha value is -1.63. The van der Waals surface area contributed by atoms with E-state index in [9.17, 15) is 9.59 Å². The topological polar surface area (TPSA) is 71.1 Å². The van der Waals surface area contributed by atoms with Crippen LogP contribution in [-0.4, -0.2) is 16.8 Å². The van der Waals surface area contributed by atoms with E-state index in [1.54, 1.807) is 23.6 Å². The Labute approximate surface area is 128 Å². The molecule has 0 saturated heterocycles. The van der Waals surface area contributed by atoms with Gasteiger partial charge in [0.1, 0.15) is 5.69 Å². The molecule has 2 aromatic rings. The number of thiazole rings is 1. The van der Waals surface area contributed by atoms with E-state index in [-0.39, 0.29) is 5.78 Å². The molecule has 2 N–H and O–H groups in total. The molecule has 104 valence electrons. The number of ketones is 1. The Bertz CT molecular complexity index is 652. The number of rotatable bonds is 3. The summed E-state index contributed by atoms with van der Waals surface area (Å²) in [6.07, 6.45) is 0. The highest BCUT2D eigenvalue weighted by Gasteiger charge is 2.09. The fourth-order valence-corrected chi connectivity index (χ4v) is 2.65. The Morgan fingerprint density at radius 1 is 1.15 bits per heavy atom. The van der Waals surface area contributed by atoms with Crippen molar-refractivity contribution < 1.29 is 9.59 Å². The maximum atomic E-state index is 11.8. The number of carbonyl (C=O) groups is 2. The fraction of sp³-hybridized carbons (Fsp3) is 0.0833. The molecule has 0 aliphatic rings. The summed E-state index contributed by atoms with van der Waals surface area (Å²) in [6, 6.07) is 4.20. The molecule has 0 spiro atoms. The quantitative estimate of drug-likeness (QED) is 0.825. The summed E-state index contributed by atoms with van der Waals surface area (Å²) < 4.78 is 0. The third-order valence-electron chi connectivity index (χ3n) is 2.21. The van der Waals surface area contributed by atoms with Gasteiger partial charge in [0.05, 0.1) is 0 Å². The van der Waals surface area contributed by atoms with Gasteiger partial charge in [0.25, 0.3) is 0 Å². The van der Waals surface area contributed by atoms with Gasteiger partial charge in [-0.2, -0.15) is 0 Å². The number of hydrogen-bond donors (Lipinski definition) is 2. The number of hydrogen-bond acceptors (Lipinski definition) is 4. The summed E-state index contributed by atoms with van der Waals surface area (Å²) in [5.74, 6) is -0.156. The van der Waals surface area contributed by atoms with Crippen molar-refractivity contribution in [1.29, 1.82) is 0 Å². The normalized spacial score (nSPS) is 10.2. The molecule has 0 bridgehead atoms. The molecule has 2 rings (SSSR count). The largest absolute Gasteiger partial charge is 0.325 e. The number of nitrogens with one attached hydrogen (secondary N) is 2. The highest BCUT2D eigenvalue weighted by atomic mass is 35.5. The molecule has 20 heavy (non-hydrogen) atoms. The van der Waals surface area contributed by atoms with Gasteiger partial charge in [-0.05, 0) is 18.2 Å². The van der Waals surface area contributed by atoms with Crippen LogP contribution < -0.4 is 10.6 Å². The molecule has 1 aromatic carbocycles. The van der Waals surface area contributed by atoms with E-state index in [0.29, 0.717) is 26.6 Å². The SMILES string of the molecule is CC(=O)c1csc(NC(=O)Nc2cc(Cl)cc(Cl)c2)n1. The van der Waals surface area contributed by atoms with Crippen LogP contribution in [0.5, 0.6) is 0 Å². The molecular formula is C12H9Cl2N3O2S. The number of aromatic nitrogens is 1. The second kappa shape index (κ2) is 6.21. The van der Waals surface area contributed by atoms with E-state index in [1.807, 2.05) is 0 Å². The first-order valence-electron chi connectivity index (χ1n) is 5.44. The molecule has 0 saturated carbocycles. The Morgan fingerprint density at radius 2 is 1.80 bits per heavy atom. The Balaban J connectivity index is 2.03. The van der Waals surface area contributed by atoms with Crippen LogP contribution in [-0.2, 0) is 0 Å². The van der Waals surface area contributed by atoms with Crippen molar-refractivity contribution >= 4 is 57.2 Å². The van der Waals surface area contributed by atoms with E-state index < -0.39 is 6.03 Å². The zero-order valence-corrected chi connectivity index (χ0v) is 12.6. The van der Waals surface area contributed by atoms with Crippen LogP contribution in [0.2, 0.25) is 10.0 Å². The maximum absolute atomic E-state index is 11.8. The minimum absolute atomic E-state index is 0.156. The molecule has 0 unspecified atom stereocenters. The van der Waals surface area contributed by atoms with Gasteiger partial charge >= 0.3 is 6.03 Å². The smallest absolute Gasteiger partial charge is 0.308 e. The third kappa shape index (κ3) is 3.93. The zero-order valence-electron chi connectivity index (χ0n) is 10.2. The average molecular weight is 330 g/mol. The van der Waals surface area contributed by atoms with E-state index >= 15 is 0 Å². The van der Waals surface area contributed by atoms with Crippen molar-refractivity contribution in [3.8, 4) is 0 Å². The number of nitrogens with zero attached hydrogens (tertiary/aromatic N) is 1. The van der Waals surface area contributed by atoms with Gasteiger partial charge in [-0.15, -0.1) is 11.3 Å². The average Bonchev–Trinajstić information content (AvgIpc) is 2.75. The minimum atomic E-state index is -0.493. The van der Waals surface area contributed by atoms with Crippen molar-refractivity contribution in [1.82, 2.24) is 4.98 Å². The second-order valence-electron chi connectivity index (χ2n) is 3.83. The van der Waals surface area contributed by atoms with Crippen molar-refractivity contribution in [3.05, 3.63) is 39.3 Å². The summed E-state index contributed by atoms with van der Waals surface area (Å²) in [5, 5.41) is 7.84. The number of benzene rings is 1. The first-order valence-corrected chi connectivity index (χ1v) is 7.08. The van der Waals surface area contributed by atoms with Gasteiger partial charge in [-0.3, -0.25) is 10.1 Å². The monoisotopic (exact) mass is 329 g/mol. The number of halogens is 2. The fourth-order valence-electron chi connectivity index (χ4n) is 1.38. The lowest BCUT2D eigenvalue weighted by atomic mass is 10.3. The van der Waals surface area contributed by atoms with Gasteiger partial charge in [0.15, 0.2) is 10.9 Å². The van der Waals surface area contributed by atoms with Crippen molar-refractivity contribution in [2.75, 3.05) is 10.6 Å². The van der Waals surface area contributed by atoms with Crippen molar-refractivity contribution in [3.63, 3.8) is 0 Å². The van der Waals surface area contributed by atoms with Crippen LogP contribution in [0.4, 0.5) is 15.6 Å². The molecule has 0 radical (unpaired) electrons. The van der Waals surface area contributed by atoms with Crippen LogP contribution >= 0.6 is 34.5 Å². The van der Waals surface area contributed by atoms with Gasteiger partial charge in [0, 0.05) is 28.0 Å². The molecule has 1 aromatic heterocycles. The van der Waals surface area contributed by atoms with Crippen LogP contribution in [0.25, 0.3) is 0 Å². The lowest BCUT2D eigenvalue weighted by molar-refractivity contribution is 0.101. The van der Waals surface area contributed by atoms with Gasteiger partial charge in [0.2, 0.25) is 0 Å². The first-order chi connectivity index (χ1) is 9.44. The van der Waals surface area contributed by atoms with Gasteiger partial charge in [-0.1, -0.05) is 23.2 Å².